The van der Waals surface area contributed by atoms with E-state index in [9.17, 15) is 0 Å². The highest BCUT2D eigenvalue weighted by Crippen LogP contribution is 2.13. The number of H-pyrrole nitrogens is 1. The molecule has 1 aromatic carbocycles. The van der Waals surface area contributed by atoms with Gasteiger partial charge in [-0.2, -0.15) is 5.10 Å². The van der Waals surface area contributed by atoms with Crippen molar-refractivity contribution in [2.75, 3.05) is 5.73 Å². The lowest BCUT2D eigenvalue weighted by Crippen LogP contribution is -1.96. The van der Waals surface area contributed by atoms with Crippen LogP contribution in [0.5, 0.6) is 0 Å². The maximum absolute atomic E-state index is 5.71. The van der Waals surface area contributed by atoms with Crippen molar-refractivity contribution in [1.29, 1.82) is 0 Å². The fourth-order valence-electron chi connectivity index (χ4n) is 1.87. The number of nitrogens with zero attached hydrogens (tertiary/aromatic N) is 3. The van der Waals surface area contributed by atoms with Crippen LogP contribution in [0.1, 0.15) is 11.3 Å². The molecule has 0 amide bonds. The van der Waals surface area contributed by atoms with Gasteiger partial charge in [0.25, 0.3) is 0 Å². The summed E-state index contributed by atoms with van der Waals surface area (Å²) in [5.41, 5.74) is 8.66. The molecular formula is C13H13N5. The highest BCUT2D eigenvalue weighted by molar-refractivity contribution is 5.88. The van der Waals surface area contributed by atoms with Gasteiger partial charge in [-0.25, -0.2) is 9.66 Å². The summed E-state index contributed by atoms with van der Waals surface area (Å²) in [5.74, 6) is 0.393. The minimum atomic E-state index is 0.393. The number of hydrogen-bond donors (Lipinski definition) is 2. The standard InChI is InChI=1S/C13H13N5/c1-9-8-18(13(14)17-9)16-7-10-2-3-11-4-5-15-12(11)6-10/h2-8,15H,1H3,(H2,14,17). The Kier molecular flexibility index (Phi) is 2.37. The number of fused-ring (bicyclic) bond motifs is 1. The monoisotopic (exact) mass is 239 g/mol. The van der Waals surface area contributed by atoms with Gasteiger partial charge >= 0.3 is 0 Å². The van der Waals surface area contributed by atoms with E-state index in [0.29, 0.717) is 5.95 Å². The molecule has 90 valence electrons. The molecule has 5 nitrogen and oxygen atoms in total. The Bertz CT molecular complexity index is 720. The van der Waals surface area contributed by atoms with Gasteiger partial charge in [0.15, 0.2) is 0 Å². The first-order chi connectivity index (χ1) is 8.72. The molecule has 0 aliphatic carbocycles. The highest BCUT2D eigenvalue weighted by Gasteiger charge is 1.99. The van der Waals surface area contributed by atoms with E-state index in [0.717, 1.165) is 16.8 Å². The summed E-state index contributed by atoms with van der Waals surface area (Å²) >= 11 is 0. The molecule has 0 fully saturated rings. The van der Waals surface area contributed by atoms with Crippen LogP contribution in [0.15, 0.2) is 41.8 Å². The topological polar surface area (TPSA) is 72.0 Å². The van der Waals surface area contributed by atoms with Crippen LogP contribution in [-0.4, -0.2) is 20.9 Å². The molecule has 3 N–H and O–H groups in total. The minimum Gasteiger partial charge on any atom is -0.368 e. The molecule has 3 rings (SSSR count). The van der Waals surface area contributed by atoms with Crippen LogP contribution >= 0.6 is 0 Å². The third-order valence-corrected chi connectivity index (χ3v) is 2.75. The zero-order chi connectivity index (χ0) is 12.5. The molecule has 0 saturated heterocycles. The first kappa shape index (κ1) is 10.6. The predicted molar refractivity (Wildman–Crippen MR) is 72.7 cm³/mol. The molecule has 0 bridgehead atoms. The lowest BCUT2D eigenvalue weighted by atomic mass is 10.2. The molecule has 2 aromatic heterocycles. The van der Waals surface area contributed by atoms with E-state index in [1.54, 1.807) is 17.1 Å². The van der Waals surface area contributed by atoms with Crippen molar-refractivity contribution in [1.82, 2.24) is 14.6 Å². The second-order valence-corrected chi connectivity index (χ2v) is 4.15. The molecule has 0 atom stereocenters. The number of nitrogens with two attached hydrogens (primary N) is 1. The number of aryl methyl sites for hydroxylation is 1. The quantitative estimate of drug-likeness (QED) is 0.672. The Morgan fingerprint density at radius 1 is 1.39 bits per heavy atom. The average Bonchev–Trinajstić information content (AvgIpc) is 2.92. The second-order valence-electron chi connectivity index (χ2n) is 4.15. The fourth-order valence-corrected chi connectivity index (χ4v) is 1.87. The van der Waals surface area contributed by atoms with Crippen molar-refractivity contribution in [3.8, 4) is 0 Å². The van der Waals surface area contributed by atoms with Crippen molar-refractivity contribution < 1.29 is 0 Å². The molecule has 3 aromatic rings. The summed E-state index contributed by atoms with van der Waals surface area (Å²) in [7, 11) is 0. The number of aromatic amines is 1. The third-order valence-electron chi connectivity index (χ3n) is 2.75. The van der Waals surface area contributed by atoms with E-state index < -0.39 is 0 Å². The van der Waals surface area contributed by atoms with Gasteiger partial charge in [0.1, 0.15) is 0 Å². The van der Waals surface area contributed by atoms with Crippen molar-refractivity contribution in [2.24, 2.45) is 5.10 Å². The molecular weight excluding hydrogens is 226 g/mol. The van der Waals surface area contributed by atoms with Crippen molar-refractivity contribution >= 4 is 23.1 Å². The number of rotatable bonds is 2. The Hall–Kier alpha value is -2.56. The number of hydrogen-bond acceptors (Lipinski definition) is 3. The molecule has 2 heterocycles. The third kappa shape index (κ3) is 1.86. The van der Waals surface area contributed by atoms with Crippen LogP contribution < -0.4 is 5.73 Å². The van der Waals surface area contributed by atoms with Gasteiger partial charge in [-0.15, -0.1) is 0 Å². The molecule has 0 spiro atoms. The van der Waals surface area contributed by atoms with Gasteiger partial charge in [0.05, 0.1) is 18.1 Å². The van der Waals surface area contributed by atoms with Crippen molar-refractivity contribution in [3.63, 3.8) is 0 Å². The summed E-state index contributed by atoms with van der Waals surface area (Å²) in [6.45, 7) is 1.88. The van der Waals surface area contributed by atoms with E-state index in [2.05, 4.69) is 21.1 Å². The molecule has 0 aliphatic heterocycles. The molecule has 18 heavy (non-hydrogen) atoms. The summed E-state index contributed by atoms with van der Waals surface area (Å²) in [5, 5.41) is 5.46. The SMILES string of the molecule is Cc1cn(N=Cc2ccc3cc[nH]c3c2)c(N)n1. The van der Waals surface area contributed by atoms with Crippen molar-refractivity contribution in [2.45, 2.75) is 6.92 Å². The molecule has 0 aliphatic rings. The van der Waals surface area contributed by atoms with Crippen LogP contribution in [0.25, 0.3) is 10.9 Å². The van der Waals surface area contributed by atoms with Gasteiger partial charge in [-0.1, -0.05) is 12.1 Å². The van der Waals surface area contributed by atoms with Crippen molar-refractivity contribution in [3.05, 3.63) is 47.9 Å². The van der Waals surface area contributed by atoms with Crippen LogP contribution in [0, 0.1) is 6.92 Å². The first-order valence-corrected chi connectivity index (χ1v) is 5.65. The summed E-state index contributed by atoms with van der Waals surface area (Å²) < 4.78 is 1.56. The maximum Gasteiger partial charge on any atom is 0.221 e. The normalized spacial score (nSPS) is 11.6. The summed E-state index contributed by atoms with van der Waals surface area (Å²) in [6, 6.07) is 8.14. The number of anilines is 1. The van der Waals surface area contributed by atoms with E-state index in [1.807, 2.05) is 31.3 Å². The summed E-state index contributed by atoms with van der Waals surface area (Å²) in [6.07, 6.45) is 5.47. The second kappa shape index (κ2) is 4.03. The Morgan fingerprint density at radius 2 is 2.28 bits per heavy atom. The van der Waals surface area contributed by atoms with Crippen LogP contribution in [0.3, 0.4) is 0 Å². The number of benzene rings is 1. The van der Waals surface area contributed by atoms with Gasteiger partial charge in [0, 0.05) is 11.7 Å². The van der Waals surface area contributed by atoms with Gasteiger partial charge in [-0.3, -0.25) is 0 Å². The first-order valence-electron chi connectivity index (χ1n) is 5.65. The fraction of sp³-hybridized carbons (Fsp3) is 0.0769. The minimum absolute atomic E-state index is 0.393. The number of aromatic nitrogens is 3. The predicted octanol–water partition coefficient (Wildman–Crippen LogP) is 2.14. The summed E-state index contributed by atoms with van der Waals surface area (Å²) in [4.78, 5) is 7.25. The zero-order valence-corrected chi connectivity index (χ0v) is 9.96. The Balaban J connectivity index is 1.93. The average molecular weight is 239 g/mol. The lowest BCUT2D eigenvalue weighted by Gasteiger charge is -1.96. The zero-order valence-electron chi connectivity index (χ0n) is 9.96. The van der Waals surface area contributed by atoms with E-state index in [4.69, 9.17) is 5.73 Å². The van der Waals surface area contributed by atoms with E-state index in [-0.39, 0.29) is 0 Å². The molecule has 0 radical (unpaired) electrons. The van der Waals surface area contributed by atoms with E-state index >= 15 is 0 Å². The molecule has 5 heteroatoms. The van der Waals surface area contributed by atoms with Gasteiger partial charge in [-0.05, 0) is 30.0 Å². The largest absolute Gasteiger partial charge is 0.368 e. The van der Waals surface area contributed by atoms with Crippen LogP contribution in [0.4, 0.5) is 5.95 Å². The molecule has 0 saturated carbocycles. The number of nitrogen functional groups attached to an aromatic ring is 1. The highest BCUT2D eigenvalue weighted by atomic mass is 15.4. The van der Waals surface area contributed by atoms with Crippen LogP contribution in [-0.2, 0) is 0 Å². The number of imidazole rings is 1. The number of nitrogens with one attached hydrogen (secondary N) is 1. The lowest BCUT2D eigenvalue weighted by molar-refractivity contribution is 0.897. The Morgan fingerprint density at radius 3 is 3.06 bits per heavy atom. The molecule has 0 unspecified atom stereocenters. The Labute approximate surface area is 104 Å². The van der Waals surface area contributed by atoms with Gasteiger partial charge < -0.3 is 10.7 Å². The van der Waals surface area contributed by atoms with Gasteiger partial charge in [0.2, 0.25) is 5.95 Å². The maximum atomic E-state index is 5.71. The van der Waals surface area contributed by atoms with Crippen LogP contribution in [0.2, 0.25) is 0 Å². The smallest absolute Gasteiger partial charge is 0.221 e. The van der Waals surface area contributed by atoms with E-state index in [1.165, 1.54) is 5.39 Å².